The highest BCUT2D eigenvalue weighted by Gasteiger charge is 2.18. The molecular weight excluding hydrogens is 773 g/mol. The Morgan fingerprint density at radius 3 is 1.23 bits per heavy atom. The zero-order chi connectivity index (χ0) is 42.4. The summed E-state index contributed by atoms with van der Waals surface area (Å²) >= 11 is 0. The van der Waals surface area contributed by atoms with Gasteiger partial charge >= 0.3 is 0 Å². The molecule has 0 aliphatic heterocycles. The van der Waals surface area contributed by atoms with Crippen LogP contribution in [-0.4, -0.2) is 4.57 Å². The van der Waals surface area contributed by atoms with Crippen LogP contribution >= 0.6 is 0 Å². The molecule has 1 heterocycles. The average Bonchev–Trinajstić information content (AvgIpc) is 3.71. The van der Waals surface area contributed by atoms with Gasteiger partial charge in [-0.05, 0) is 133 Å². The maximum atomic E-state index is 2.40. The Morgan fingerprint density at radius 2 is 0.688 bits per heavy atom. The van der Waals surface area contributed by atoms with Gasteiger partial charge in [0.05, 0.1) is 11.0 Å². The Hall–Kier alpha value is -8.46. The summed E-state index contributed by atoms with van der Waals surface area (Å²) < 4.78 is 2.40. The highest BCUT2D eigenvalue weighted by atomic mass is 15.1. The maximum Gasteiger partial charge on any atom is 0.0541 e. The predicted octanol–water partition coefficient (Wildman–Crippen LogP) is 17.2. The van der Waals surface area contributed by atoms with Gasteiger partial charge in [-0.2, -0.15) is 0 Å². The fourth-order valence-corrected chi connectivity index (χ4v) is 9.77. The van der Waals surface area contributed by atoms with Crippen molar-refractivity contribution in [2.45, 2.75) is 0 Å². The Morgan fingerprint density at radius 1 is 0.266 bits per heavy atom. The SMILES string of the molecule is c1ccc(-c2cc3ccccc3cc2-c2ccc(N(c3ccc(-c4cccc5cccc(-c6ccccc6)c45)cc3)c3cccc(-n4c5ccccc5c5ccccc54)c3)cc2)cc1. The number of aromatic nitrogens is 1. The maximum absolute atomic E-state index is 2.40. The molecule has 0 aliphatic carbocycles. The molecule has 1 aromatic heterocycles. The molecule has 0 amide bonds. The second kappa shape index (κ2) is 15.8. The van der Waals surface area contributed by atoms with E-state index >= 15 is 0 Å². The molecule has 0 saturated carbocycles. The molecule has 0 fully saturated rings. The first-order valence-corrected chi connectivity index (χ1v) is 22.0. The number of hydrogen-bond donors (Lipinski definition) is 0. The summed E-state index contributed by atoms with van der Waals surface area (Å²) in [5.74, 6) is 0. The van der Waals surface area contributed by atoms with Crippen molar-refractivity contribution in [2.75, 3.05) is 4.90 Å². The van der Waals surface area contributed by atoms with Crippen LogP contribution in [0.25, 0.3) is 93.5 Å². The lowest BCUT2D eigenvalue weighted by Crippen LogP contribution is -2.10. The molecular formula is C62H42N2. The van der Waals surface area contributed by atoms with Crippen LogP contribution in [0.5, 0.6) is 0 Å². The summed E-state index contributed by atoms with van der Waals surface area (Å²) in [6.07, 6.45) is 0. The van der Waals surface area contributed by atoms with Crippen molar-refractivity contribution < 1.29 is 0 Å². The third kappa shape index (κ3) is 6.52. The number of para-hydroxylation sites is 2. The van der Waals surface area contributed by atoms with E-state index in [2.05, 4.69) is 264 Å². The smallest absolute Gasteiger partial charge is 0.0541 e. The van der Waals surface area contributed by atoms with Gasteiger partial charge in [-0.25, -0.2) is 0 Å². The van der Waals surface area contributed by atoms with Crippen molar-refractivity contribution in [2.24, 2.45) is 0 Å². The van der Waals surface area contributed by atoms with E-state index in [4.69, 9.17) is 0 Å². The molecule has 0 aliphatic rings. The zero-order valence-corrected chi connectivity index (χ0v) is 35.1. The van der Waals surface area contributed by atoms with Gasteiger partial charge in [0.25, 0.3) is 0 Å². The number of benzene rings is 11. The van der Waals surface area contributed by atoms with Crippen molar-refractivity contribution in [3.05, 3.63) is 255 Å². The first-order chi connectivity index (χ1) is 31.7. The molecule has 64 heavy (non-hydrogen) atoms. The van der Waals surface area contributed by atoms with Gasteiger partial charge in [-0.1, -0.05) is 188 Å². The molecule has 12 rings (SSSR count). The van der Waals surface area contributed by atoms with Gasteiger partial charge in [0.15, 0.2) is 0 Å². The second-order valence-corrected chi connectivity index (χ2v) is 16.5. The lowest BCUT2D eigenvalue weighted by atomic mass is 9.91. The van der Waals surface area contributed by atoms with Gasteiger partial charge in [0.2, 0.25) is 0 Å². The molecule has 11 aromatic carbocycles. The van der Waals surface area contributed by atoms with E-state index in [1.54, 1.807) is 0 Å². The lowest BCUT2D eigenvalue weighted by molar-refractivity contribution is 1.17. The predicted molar refractivity (Wildman–Crippen MR) is 272 cm³/mol. The molecule has 2 nitrogen and oxygen atoms in total. The number of anilines is 3. The van der Waals surface area contributed by atoms with Gasteiger partial charge in [-0.15, -0.1) is 0 Å². The molecule has 0 spiro atoms. The molecule has 0 N–H and O–H groups in total. The van der Waals surface area contributed by atoms with Gasteiger partial charge < -0.3 is 9.47 Å². The van der Waals surface area contributed by atoms with E-state index in [0.29, 0.717) is 0 Å². The molecule has 300 valence electrons. The van der Waals surface area contributed by atoms with Crippen LogP contribution in [0.3, 0.4) is 0 Å². The van der Waals surface area contributed by atoms with E-state index in [-0.39, 0.29) is 0 Å². The van der Waals surface area contributed by atoms with Crippen molar-refractivity contribution >= 4 is 60.4 Å². The fraction of sp³-hybridized carbons (Fsp3) is 0. The Labute approximate surface area is 373 Å². The topological polar surface area (TPSA) is 8.17 Å². The molecule has 0 atom stereocenters. The van der Waals surface area contributed by atoms with E-state index in [1.165, 1.54) is 87.9 Å². The summed E-state index contributed by atoms with van der Waals surface area (Å²) in [4.78, 5) is 2.39. The first kappa shape index (κ1) is 37.3. The summed E-state index contributed by atoms with van der Waals surface area (Å²) in [5, 5.41) is 7.45. The van der Waals surface area contributed by atoms with Crippen LogP contribution in [0.4, 0.5) is 17.1 Å². The Bertz CT molecular complexity index is 3580. The summed E-state index contributed by atoms with van der Waals surface area (Å²) in [5.41, 5.74) is 16.4. The van der Waals surface area contributed by atoms with Crippen molar-refractivity contribution in [3.8, 4) is 50.2 Å². The minimum Gasteiger partial charge on any atom is -0.310 e. The van der Waals surface area contributed by atoms with Crippen LogP contribution in [0.15, 0.2) is 255 Å². The molecule has 0 saturated heterocycles. The summed E-state index contributed by atoms with van der Waals surface area (Å²) in [6.45, 7) is 0. The molecule has 0 unspecified atom stereocenters. The van der Waals surface area contributed by atoms with Crippen LogP contribution in [-0.2, 0) is 0 Å². The minimum atomic E-state index is 1.08. The number of nitrogens with zero attached hydrogens (tertiary/aromatic N) is 2. The van der Waals surface area contributed by atoms with Gasteiger partial charge in [0.1, 0.15) is 0 Å². The van der Waals surface area contributed by atoms with Crippen LogP contribution < -0.4 is 4.90 Å². The van der Waals surface area contributed by atoms with Crippen LogP contribution in [0.2, 0.25) is 0 Å². The third-order valence-electron chi connectivity index (χ3n) is 12.8. The average molecular weight is 815 g/mol. The number of fused-ring (bicyclic) bond motifs is 5. The molecule has 2 heteroatoms. The van der Waals surface area contributed by atoms with E-state index < -0.39 is 0 Å². The lowest BCUT2D eigenvalue weighted by Gasteiger charge is -2.27. The number of hydrogen-bond acceptors (Lipinski definition) is 1. The minimum absolute atomic E-state index is 1.08. The standard InChI is InChI=1S/C62H42N2/c1-3-16-43(17-4-1)54-28-13-22-47-23-14-29-55(62(47)54)45-32-36-50(37-33-45)63(52-24-15-25-53(42-52)64-60-30-11-9-26-56(60)57-27-10-12-31-61(57)64)51-38-34-46(35-39-51)59-41-49-21-8-7-20-48(49)40-58(59)44-18-5-2-6-19-44/h1-42H. The van der Waals surface area contributed by atoms with Crippen molar-refractivity contribution in [1.29, 1.82) is 0 Å². The molecule has 12 aromatic rings. The molecule has 0 radical (unpaired) electrons. The molecule has 0 bridgehead atoms. The van der Waals surface area contributed by atoms with E-state index in [0.717, 1.165) is 22.7 Å². The summed E-state index contributed by atoms with van der Waals surface area (Å²) in [7, 11) is 0. The highest BCUT2D eigenvalue weighted by molar-refractivity contribution is 6.10. The first-order valence-electron chi connectivity index (χ1n) is 22.0. The largest absolute Gasteiger partial charge is 0.310 e. The second-order valence-electron chi connectivity index (χ2n) is 16.5. The normalized spacial score (nSPS) is 11.4. The quantitative estimate of drug-likeness (QED) is 0.148. The van der Waals surface area contributed by atoms with Crippen LogP contribution in [0.1, 0.15) is 0 Å². The zero-order valence-electron chi connectivity index (χ0n) is 35.1. The van der Waals surface area contributed by atoms with Crippen molar-refractivity contribution in [1.82, 2.24) is 4.57 Å². The third-order valence-corrected chi connectivity index (χ3v) is 12.8. The van der Waals surface area contributed by atoms with Crippen molar-refractivity contribution in [3.63, 3.8) is 0 Å². The highest BCUT2D eigenvalue weighted by Crippen LogP contribution is 2.43. The summed E-state index contributed by atoms with van der Waals surface area (Å²) in [6, 6.07) is 92.7. The van der Waals surface area contributed by atoms with Crippen LogP contribution in [0, 0.1) is 0 Å². The monoisotopic (exact) mass is 814 g/mol. The fourth-order valence-electron chi connectivity index (χ4n) is 9.77. The Kier molecular flexibility index (Phi) is 9.20. The van der Waals surface area contributed by atoms with Gasteiger partial charge in [0, 0.05) is 33.5 Å². The van der Waals surface area contributed by atoms with E-state index in [9.17, 15) is 0 Å². The van der Waals surface area contributed by atoms with E-state index in [1.807, 2.05) is 0 Å². The number of rotatable bonds is 8. The Balaban J connectivity index is 1.01. The van der Waals surface area contributed by atoms with Gasteiger partial charge in [-0.3, -0.25) is 0 Å².